The van der Waals surface area contributed by atoms with Crippen LogP contribution in [0.3, 0.4) is 0 Å². The van der Waals surface area contributed by atoms with Crippen molar-refractivity contribution >= 4 is 29.5 Å². The molecule has 4 aromatic carbocycles. The lowest BCUT2D eigenvalue weighted by Crippen LogP contribution is -2.47. The fraction of sp³-hybridized carbons (Fsp3) is 0.125. The van der Waals surface area contributed by atoms with Crippen LogP contribution in [0.4, 0.5) is 26.3 Å². The number of nitrogens with one attached hydrogen (secondary N) is 1. The predicted molar refractivity (Wildman–Crippen MR) is 198 cm³/mol. The molecule has 2 amide bonds. The molecule has 6 aromatic rings. The lowest BCUT2D eigenvalue weighted by atomic mass is 10.0. The van der Waals surface area contributed by atoms with E-state index in [2.05, 4.69) is 44.1 Å². The minimum Gasteiger partial charge on any atom is -0.478 e. The molecule has 1 atom stereocenters. The zero-order valence-corrected chi connectivity index (χ0v) is 32.0. The number of amides is 2. The molecule has 9 rings (SSSR count). The summed E-state index contributed by atoms with van der Waals surface area (Å²) in [7, 11) is 0. The molecule has 5 heterocycles. The number of carbonyl (C=O) groups excluding carboxylic acids is 3. The first kappa shape index (κ1) is 44.3. The second kappa shape index (κ2) is 17.2. The highest BCUT2D eigenvalue weighted by atomic mass is 19.3. The van der Waals surface area contributed by atoms with Crippen molar-refractivity contribution in [2.75, 3.05) is 0 Å². The van der Waals surface area contributed by atoms with Gasteiger partial charge in [0.2, 0.25) is 5.78 Å². The van der Waals surface area contributed by atoms with Crippen LogP contribution >= 0.6 is 0 Å². The van der Waals surface area contributed by atoms with Crippen molar-refractivity contribution in [3.05, 3.63) is 120 Å². The zero-order valence-electron chi connectivity index (χ0n) is 32.0. The van der Waals surface area contributed by atoms with Crippen molar-refractivity contribution in [1.82, 2.24) is 15.6 Å². The van der Waals surface area contributed by atoms with Gasteiger partial charge in [-0.3, -0.25) is 14.4 Å². The maximum Gasteiger partial charge on any atom is 0.586 e. The second-order valence-corrected chi connectivity index (χ2v) is 13.1. The van der Waals surface area contributed by atoms with Crippen molar-refractivity contribution < 1.29 is 98.0 Å². The summed E-state index contributed by atoms with van der Waals surface area (Å²) in [5, 5.41) is 26.9. The summed E-state index contributed by atoms with van der Waals surface area (Å²) in [5.41, 5.74) is 5.04. The maximum atomic E-state index is 13.5. The topological polar surface area (TPSA) is 271 Å². The van der Waals surface area contributed by atoms with Crippen LogP contribution in [-0.4, -0.2) is 75.0 Å². The maximum absolute atomic E-state index is 13.5. The fourth-order valence-corrected chi connectivity index (χ4v) is 6.08. The number of ketones is 1. The van der Waals surface area contributed by atoms with E-state index in [1.165, 1.54) is 48.5 Å². The van der Waals surface area contributed by atoms with Crippen molar-refractivity contribution in [3.63, 3.8) is 0 Å². The average Bonchev–Trinajstić information content (AvgIpc) is 4.08. The number of Topliss-reactive ketones (excluding diaryl/α,β-unsaturated/α-hetero) is 1. The molecule has 336 valence electrons. The van der Waals surface area contributed by atoms with E-state index in [9.17, 15) is 50.3 Å². The number of hydrogen-bond donors (Lipinski definition) is 4. The molecule has 1 unspecified atom stereocenters. The highest BCUT2D eigenvalue weighted by Crippen LogP contribution is 2.49. The molecule has 25 heteroatoms. The monoisotopic (exact) mass is 914 g/mol. The van der Waals surface area contributed by atoms with Gasteiger partial charge in [-0.2, -0.15) is 0 Å². The van der Waals surface area contributed by atoms with Gasteiger partial charge in [-0.1, -0.05) is 58.8 Å². The van der Waals surface area contributed by atoms with Crippen LogP contribution in [0.2, 0.25) is 0 Å². The Balaban J connectivity index is 0.000000161. The number of alkyl halides is 6. The number of hydrogen-bond acceptors (Lipinski definition) is 15. The SMILES string of the molecule is NC(=O)C(=O)C(Cc1ccccc1)NC(=O)c1cnoc1-c1cccc2c1OC(F)(F)O2.O=C(O)c1cccc2c1OC(F)(F)O2.O=C(O)c1cnoc1-c1cccc2c1OC(F)(F)O2. The van der Waals surface area contributed by atoms with E-state index in [1.807, 2.05) is 0 Å². The third kappa shape index (κ3) is 9.67. The van der Waals surface area contributed by atoms with Crippen LogP contribution in [0.25, 0.3) is 22.6 Å². The number of rotatable bonds is 10. The van der Waals surface area contributed by atoms with E-state index in [0.717, 1.165) is 18.5 Å². The van der Waals surface area contributed by atoms with Gasteiger partial charge in [0.1, 0.15) is 22.7 Å². The summed E-state index contributed by atoms with van der Waals surface area (Å²) in [5.74, 6) is -7.83. The van der Waals surface area contributed by atoms with Gasteiger partial charge in [0.25, 0.3) is 11.8 Å². The van der Waals surface area contributed by atoms with Gasteiger partial charge in [-0.05, 0) is 42.0 Å². The lowest BCUT2D eigenvalue weighted by molar-refractivity contribution is -0.287. The first-order valence-corrected chi connectivity index (χ1v) is 17.9. The van der Waals surface area contributed by atoms with Crippen LogP contribution < -0.4 is 39.5 Å². The second-order valence-electron chi connectivity index (χ2n) is 13.1. The Hall–Kier alpha value is -8.77. The van der Waals surface area contributed by atoms with E-state index in [4.69, 9.17) is 25.0 Å². The number of nitrogens with zero attached hydrogens (tertiary/aromatic N) is 2. The van der Waals surface area contributed by atoms with Gasteiger partial charge in [-0.25, -0.2) is 9.59 Å². The van der Waals surface area contributed by atoms with E-state index in [1.54, 1.807) is 30.3 Å². The van der Waals surface area contributed by atoms with Crippen LogP contribution in [0.15, 0.2) is 106 Å². The molecule has 65 heavy (non-hydrogen) atoms. The number of carbonyl (C=O) groups is 5. The van der Waals surface area contributed by atoms with Gasteiger partial charge in [0.05, 0.1) is 23.5 Å². The van der Waals surface area contributed by atoms with Crippen molar-refractivity contribution in [3.8, 4) is 57.1 Å². The van der Waals surface area contributed by atoms with Crippen molar-refractivity contribution in [2.24, 2.45) is 5.73 Å². The van der Waals surface area contributed by atoms with Crippen LogP contribution in [-0.2, 0) is 16.0 Å². The molecular weight excluding hydrogens is 890 g/mol. The predicted octanol–water partition coefficient (Wildman–Crippen LogP) is 6.13. The third-order valence-electron chi connectivity index (χ3n) is 8.77. The number of aromatic carboxylic acids is 2. The van der Waals surface area contributed by atoms with Gasteiger partial charge < -0.3 is 58.7 Å². The number of carboxylic acids is 2. The summed E-state index contributed by atoms with van der Waals surface area (Å²) in [4.78, 5) is 58.2. The molecule has 0 spiro atoms. The average molecular weight is 915 g/mol. The first-order valence-electron chi connectivity index (χ1n) is 17.9. The summed E-state index contributed by atoms with van der Waals surface area (Å²) >= 11 is 0. The molecule has 3 aliphatic heterocycles. The van der Waals surface area contributed by atoms with E-state index >= 15 is 0 Å². The Morgan fingerprint density at radius 2 is 1.02 bits per heavy atom. The Bertz CT molecular complexity index is 2840. The third-order valence-corrected chi connectivity index (χ3v) is 8.77. The van der Waals surface area contributed by atoms with E-state index in [0.29, 0.717) is 5.56 Å². The molecule has 0 saturated carbocycles. The molecular formula is C40H24F6N4O15. The van der Waals surface area contributed by atoms with Crippen molar-refractivity contribution in [2.45, 2.75) is 31.3 Å². The smallest absolute Gasteiger partial charge is 0.478 e. The molecule has 5 N–H and O–H groups in total. The Morgan fingerprint density at radius 1 is 0.569 bits per heavy atom. The molecule has 2 aromatic heterocycles. The van der Waals surface area contributed by atoms with Crippen LogP contribution in [0.5, 0.6) is 34.5 Å². The molecule has 0 radical (unpaired) electrons. The standard InChI is InChI=1S/C21H15F2N3O6.C11H5F2NO5.C8H4F2O4/c22-21(23)30-15-8-4-7-12(18(15)31-21)17-13(10-25-32-17)20(29)26-14(16(27)19(24)28)9-11-5-2-1-3-6-11;12-11(13)17-7-3-1-2-5(9(7)18-11)8-6(10(15)16)4-14-19-8;9-8(10)13-5-3-1-2-4(7(11)12)6(5)14-8/h1-8,10,14H,9H2,(H2,24,28)(H,26,29);1-4H,(H,15,16);1-3H,(H,11,12). The summed E-state index contributed by atoms with van der Waals surface area (Å²) in [6, 6.07) is 19.1. The largest absolute Gasteiger partial charge is 0.586 e. The normalized spacial score (nSPS) is 15.3. The first-order chi connectivity index (χ1) is 30.7. The molecule has 0 aliphatic carbocycles. The zero-order chi connectivity index (χ0) is 46.8. The molecule has 19 nitrogen and oxygen atoms in total. The Labute approximate surface area is 356 Å². The van der Waals surface area contributed by atoms with Crippen molar-refractivity contribution in [1.29, 1.82) is 0 Å². The number of aromatic nitrogens is 2. The minimum absolute atomic E-state index is 0.00112. The van der Waals surface area contributed by atoms with E-state index in [-0.39, 0.29) is 74.5 Å². The fourth-order valence-electron chi connectivity index (χ4n) is 6.08. The molecule has 0 fully saturated rings. The highest BCUT2D eigenvalue weighted by molar-refractivity contribution is 6.38. The quantitative estimate of drug-likeness (QED) is 0.0889. The minimum atomic E-state index is -3.88. The number of fused-ring (bicyclic) bond motifs is 3. The molecule has 3 aliphatic rings. The van der Waals surface area contributed by atoms with Gasteiger partial charge in [-0.15, -0.1) is 26.3 Å². The molecule has 0 saturated heterocycles. The summed E-state index contributed by atoms with van der Waals surface area (Å²) in [6.45, 7) is 0. The van der Waals surface area contributed by atoms with Crippen LogP contribution in [0.1, 0.15) is 36.6 Å². The number of carboxylic acid groups (broad SMARTS) is 2. The number of primary amides is 1. The van der Waals surface area contributed by atoms with Crippen LogP contribution in [0, 0.1) is 0 Å². The highest BCUT2D eigenvalue weighted by Gasteiger charge is 2.47. The number of nitrogens with two attached hydrogens (primary N) is 1. The van der Waals surface area contributed by atoms with Gasteiger partial charge >= 0.3 is 30.8 Å². The number of halogens is 6. The number of para-hydroxylation sites is 3. The van der Waals surface area contributed by atoms with Gasteiger partial charge in [0.15, 0.2) is 46.0 Å². The number of ether oxygens (including phenoxy) is 6. The van der Waals surface area contributed by atoms with E-state index < -0.39 is 60.2 Å². The Morgan fingerprint density at radius 3 is 1.51 bits per heavy atom. The Kier molecular flexibility index (Phi) is 11.7. The summed E-state index contributed by atoms with van der Waals surface area (Å²) < 4.78 is 114. The lowest BCUT2D eigenvalue weighted by Gasteiger charge is -2.16. The van der Waals surface area contributed by atoms with Gasteiger partial charge in [0, 0.05) is 6.42 Å². The number of benzene rings is 4. The molecule has 0 bridgehead atoms. The summed E-state index contributed by atoms with van der Waals surface area (Å²) in [6.07, 6.45) is -9.43.